The highest BCUT2D eigenvalue weighted by molar-refractivity contribution is 6.05. The van der Waals surface area contributed by atoms with Gasteiger partial charge in [-0.25, -0.2) is 14.6 Å². The molecule has 1 amide bonds. The molecule has 2 aliphatic rings. The molecule has 1 aliphatic carbocycles. The first-order valence-electron chi connectivity index (χ1n) is 12.9. The maximum atomic E-state index is 13.5. The summed E-state index contributed by atoms with van der Waals surface area (Å²) in [7, 11) is 0. The minimum Gasteiger partial charge on any atom is -0.489 e. The Morgan fingerprint density at radius 3 is 2.97 bits per heavy atom. The van der Waals surface area contributed by atoms with Crippen LogP contribution < -0.4 is 15.0 Å². The molecule has 0 saturated heterocycles. The molecule has 1 aliphatic heterocycles. The number of hydrogen-bond donors (Lipinski definition) is 2. The Kier molecular flexibility index (Phi) is 6.46. The van der Waals surface area contributed by atoms with E-state index >= 15 is 0 Å². The van der Waals surface area contributed by atoms with Crippen LogP contribution in [0.3, 0.4) is 0 Å². The molecule has 0 atom stereocenters. The second-order valence-corrected chi connectivity index (χ2v) is 9.46. The van der Waals surface area contributed by atoms with Gasteiger partial charge in [-0.05, 0) is 47.9 Å². The zero-order valence-corrected chi connectivity index (χ0v) is 21.1. The Balaban J connectivity index is 1.35. The van der Waals surface area contributed by atoms with Crippen molar-refractivity contribution in [3.8, 4) is 22.8 Å². The molecule has 38 heavy (non-hydrogen) atoms. The number of para-hydroxylation sites is 1. The quantitative estimate of drug-likeness (QED) is 0.345. The smallest absolute Gasteiger partial charge is 0.274 e. The van der Waals surface area contributed by atoms with Crippen LogP contribution in [0.15, 0.2) is 43.0 Å². The summed E-state index contributed by atoms with van der Waals surface area (Å²) in [5.74, 6) is 1.24. The Hall–Kier alpha value is -4.32. The van der Waals surface area contributed by atoms with E-state index in [1.165, 1.54) is 0 Å². The molecule has 1 aromatic carbocycles. The average Bonchev–Trinajstić information content (AvgIpc) is 3.53. The fourth-order valence-electron chi connectivity index (χ4n) is 4.75. The summed E-state index contributed by atoms with van der Waals surface area (Å²) in [4.78, 5) is 24.7. The van der Waals surface area contributed by atoms with Crippen LogP contribution in [0.1, 0.15) is 48.3 Å². The molecule has 4 heterocycles. The number of carbonyl (C=O) groups excluding carboxylic acids is 1. The molecular formula is C26H29N9O3. The van der Waals surface area contributed by atoms with E-state index < -0.39 is 0 Å². The van der Waals surface area contributed by atoms with Gasteiger partial charge in [-0.1, -0.05) is 13.0 Å². The van der Waals surface area contributed by atoms with Crippen molar-refractivity contribution < 1.29 is 14.6 Å². The third kappa shape index (κ3) is 4.58. The number of fused-ring (bicyclic) bond motifs is 3. The zero-order valence-electron chi connectivity index (χ0n) is 21.1. The van der Waals surface area contributed by atoms with Crippen LogP contribution in [0.25, 0.3) is 17.1 Å². The van der Waals surface area contributed by atoms with Gasteiger partial charge in [0.25, 0.3) is 5.91 Å². The summed E-state index contributed by atoms with van der Waals surface area (Å²) in [6.07, 6.45) is 8.71. The molecule has 0 unspecified atom stereocenters. The number of benzene rings is 1. The Bertz CT molecular complexity index is 1450. The van der Waals surface area contributed by atoms with Crippen molar-refractivity contribution in [1.82, 2.24) is 34.7 Å². The lowest BCUT2D eigenvalue weighted by Crippen LogP contribution is -2.29. The Morgan fingerprint density at radius 2 is 2.16 bits per heavy atom. The van der Waals surface area contributed by atoms with E-state index in [1.54, 1.807) is 29.3 Å². The molecule has 12 nitrogen and oxygen atoms in total. The molecule has 3 aromatic heterocycles. The summed E-state index contributed by atoms with van der Waals surface area (Å²) in [5, 5.41) is 24.5. The van der Waals surface area contributed by atoms with Crippen LogP contribution in [0, 0.1) is 0 Å². The Morgan fingerprint density at radius 1 is 1.26 bits per heavy atom. The predicted octanol–water partition coefficient (Wildman–Crippen LogP) is 2.65. The van der Waals surface area contributed by atoms with Crippen LogP contribution >= 0.6 is 0 Å². The molecule has 0 spiro atoms. The number of imidazole rings is 1. The van der Waals surface area contributed by atoms with Crippen molar-refractivity contribution in [2.75, 3.05) is 36.5 Å². The lowest BCUT2D eigenvalue weighted by molar-refractivity contribution is 0.102. The lowest BCUT2D eigenvalue weighted by Gasteiger charge is -2.26. The number of aliphatic hydroxyl groups excluding tert-OH is 1. The fourth-order valence-corrected chi connectivity index (χ4v) is 4.75. The molecule has 0 bridgehead atoms. The van der Waals surface area contributed by atoms with E-state index in [4.69, 9.17) is 4.74 Å². The van der Waals surface area contributed by atoms with Crippen molar-refractivity contribution in [3.63, 3.8) is 0 Å². The standard InChI is InChI=1S/C26H29N9O3/c1-2-8-33(9-11-36)23-14-27-20(13-22(23)34-15-21(28-16-34)17-6-7-17)26(37)29-19-5-3-4-18-24(19)38-12-10-35-25(18)30-31-32-35/h3-5,13-17,36H,2,6-12H2,1H3,(H,29,37). The highest BCUT2D eigenvalue weighted by atomic mass is 16.5. The number of hydrogen-bond acceptors (Lipinski definition) is 9. The van der Waals surface area contributed by atoms with E-state index in [2.05, 4.69) is 42.6 Å². The van der Waals surface area contributed by atoms with Crippen molar-refractivity contribution >= 4 is 17.3 Å². The summed E-state index contributed by atoms with van der Waals surface area (Å²) >= 11 is 0. The predicted molar refractivity (Wildman–Crippen MR) is 140 cm³/mol. The van der Waals surface area contributed by atoms with E-state index in [0.29, 0.717) is 48.4 Å². The molecular weight excluding hydrogens is 486 g/mol. The number of nitrogens with one attached hydrogen (secondary N) is 1. The molecule has 0 radical (unpaired) electrons. The van der Waals surface area contributed by atoms with Gasteiger partial charge in [0, 0.05) is 25.2 Å². The van der Waals surface area contributed by atoms with Gasteiger partial charge in [0.15, 0.2) is 11.6 Å². The number of pyridine rings is 1. The summed E-state index contributed by atoms with van der Waals surface area (Å²) < 4.78 is 9.60. The van der Waals surface area contributed by atoms with Crippen molar-refractivity contribution in [3.05, 3.63) is 54.4 Å². The summed E-state index contributed by atoms with van der Waals surface area (Å²) in [6.45, 7) is 4.19. The maximum absolute atomic E-state index is 13.5. The second kappa shape index (κ2) is 10.2. The van der Waals surface area contributed by atoms with Gasteiger partial charge in [-0.2, -0.15) is 0 Å². The van der Waals surface area contributed by atoms with Gasteiger partial charge < -0.3 is 24.6 Å². The average molecular weight is 516 g/mol. The van der Waals surface area contributed by atoms with Gasteiger partial charge >= 0.3 is 0 Å². The second-order valence-electron chi connectivity index (χ2n) is 9.46. The first-order valence-corrected chi connectivity index (χ1v) is 12.9. The normalized spacial score (nSPS) is 14.3. The number of aliphatic hydroxyl groups is 1. The van der Waals surface area contributed by atoms with Gasteiger partial charge in [-0.3, -0.25) is 4.79 Å². The lowest BCUT2D eigenvalue weighted by atomic mass is 10.1. The number of carbonyl (C=O) groups is 1. The molecule has 12 heteroatoms. The number of aromatic nitrogens is 7. The van der Waals surface area contributed by atoms with Crippen LogP contribution in [-0.4, -0.2) is 72.1 Å². The van der Waals surface area contributed by atoms with Crippen molar-refractivity contribution in [2.24, 2.45) is 0 Å². The van der Waals surface area contributed by atoms with Gasteiger partial charge in [0.1, 0.15) is 12.3 Å². The van der Waals surface area contributed by atoms with E-state index in [0.717, 1.165) is 42.9 Å². The third-order valence-electron chi connectivity index (χ3n) is 6.76. The van der Waals surface area contributed by atoms with Crippen molar-refractivity contribution in [2.45, 2.75) is 38.6 Å². The fraction of sp³-hybridized carbons (Fsp3) is 0.385. The highest BCUT2D eigenvalue weighted by Gasteiger charge is 2.27. The molecule has 1 fully saturated rings. The number of ether oxygens (including phenoxy) is 1. The van der Waals surface area contributed by atoms with Gasteiger partial charge in [0.05, 0.1) is 54.0 Å². The molecule has 1 saturated carbocycles. The van der Waals surface area contributed by atoms with Gasteiger partial charge in [-0.15, -0.1) is 5.10 Å². The van der Waals surface area contributed by atoms with Crippen LogP contribution in [0.4, 0.5) is 11.4 Å². The largest absolute Gasteiger partial charge is 0.489 e. The number of rotatable bonds is 9. The third-order valence-corrected chi connectivity index (χ3v) is 6.76. The number of anilines is 2. The summed E-state index contributed by atoms with van der Waals surface area (Å²) in [5.41, 5.74) is 4.15. The maximum Gasteiger partial charge on any atom is 0.274 e. The minimum absolute atomic E-state index is 0.0152. The first kappa shape index (κ1) is 24.0. The molecule has 6 rings (SSSR count). The minimum atomic E-state index is -0.370. The number of tetrazole rings is 1. The molecule has 2 N–H and O–H groups in total. The monoisotopic (exact) mass is 515 g/mol. The number of amides is 1. The number of nitrogens with zero attached hydrogens (tertiary/aromatic N) is 8. The van der Waals surface area contributed by atoms with Crippen LogP contribution in [0.2, 0.25) is 0 Å². The Labute approximate surface area is 219 Å². The van der Waals surface area contributed by atoms with Crippen LogP contribution in [-0.2, 0) is 6.54 Å². The van der Waals surface area contributed by atoms with Crippen molar-refractivity contribution in [1.29, 1.82) is 0 Å². The van der Waals surface area contributed by atoms with E-state index in [-0.39, 0.29) is 18.2 Å². The highest BCUT2D eigenvalue weighted by Crippen LogP contribution is 2.40. The SMILES string of the molecule is CCCN(CCO)c1cnc(C(=O)Nc2cccc3c2OCCn2nnnc2-3)cc1-n1cnc(C2CC2)c1. The van der Waals surface area contributed by atoms with Crippen LogP contribution in [0.5, 0.6) is 5.75 Å². The topological polar surface area (TPSA) is 136 Å². The zero-order chi connectivity index (χ0) is 26.1. The molecule has 196 valence electrons. The first-order chi connectivity index (χ1) is 18.7. The summed E-state index contributed by atoms with van der Waals surface area (Å²) in [6, 6.07) is 7.25. The molecule has 4 aromatic rings. The van der Waals surface area contributed by atoms with E-state index in [1.807, 2.05) is 22.9 Å². The van der Waals surface area contributed by atoms with Gasteiger partial charge in [0.2, 0.25) is 0 Å². The van der Waals surface area contributed by atoms with E-state index in [9.17, 15) is 9.90 Å².